The number of urea groups is 2. The van der Waals surface area contributed by atoms with Crippen LogP contribution in [-0.4, -0.2) is 43.1 Å². The summed E-state index contributed by atoms with van der Waals surface area (Å²) in [6.07, 6.45) is 13.6. The van der Waals surface area contributed by atoms with Crippen molar-refractivity contribution in [2.45, 2.75) is 102 Å². The molecule has 2 saturated carbocycles. The van der Waals surface area contributed by atoms with Crippen LogP contribution in [0.25, 0.3) is 0 Å². The summed E-state index contributed by atoms with van der Waals surface area (Å²) in [6, 6.07) is 24.0. The Kier molecular flexibility index (Phi) is 11.8. The van der Waals surface area contributed by atoms with Gasteiger partial charge in [-0.25, -0.2) is 9.59 Å². The van der Waals surface area contributed by atoms with Gasteiger partial charge >= 0.3 is 12.1 Å². The van der Waals surface area contributed by atoms with Crippen LogP contribution in [-0.2, 0) is 13.1 Å². The van der Waals surface area contributed by atoms with Crippen LogP contribution in [0.4, 0.5) is 32.3 Å². The monoisotopic (exact) mass is 624 g/mol. The van der Waals surface area contributed by atoms with E-state index in [2.05, 4.69) is 28.8 Å². The number of nitrogen functional groups attached to an aromatic ring is 1. The third-order valence-electron chi connectivity index (χ3n) is 9.48. The molecule has 2 aliphatic rings. The molecule has 0 atom stereocenters. The number of nitrogens with zero attached hydrogens (tertiary/aromatic N) is 3. The Morgan fingerprint density at radius 2 is 1.26 bits per heavy atom. The molecular weight excluding hydrogens is 572 g/mol. The van der Waals surface area contributed by atoms with E-state index < -0.39 is 0 Å². The van der Waals surface area contributed by atoms with Crippen LogP contribution >= 0.6 is 0 Å². The largest absolute Gasteiger partial charge is 0.399 e. The second-order valence-electron chi connectivity index (χ2n) is 13.3. The molecule has 3 aromatic carbocycles. The average Bonchev–Trinajstić information content (AvgIpc) is 3.49. The Balaban J connectivity index is 1.34. The number of rotatable bonds is 9. The lowest BCUT2D eigenvalue weighted by atomic mass is 10.0. The van der Waals surface area contributed by atoms with Gasteiger partial charge in [-0.15, -0.1) is 0 Å². The molecule has 46 heavy (non-hydrogen) atoms. The summed E-state index contributed by atoms with van der Waals surface area (Å²) in [5, 5.41) is 6.50. The predicted molar refractivity (Wildman–Crippen MR) is 190 cm³/mol. The van der Waals surface area contributed by atoms with Crippen molar-refractivity contribution in [2.75, 3.05) is 34.9 Å². The van der Waals surface area contributed by atoms with E-state index in [-0.39, 0.29) is 24.1 Å². The number of hydrogen-bond donors (Lipinski definition) is 3. The van der Waals surface area contributed by atoms with Crippen LogP contribution in [0.1, 0.15) is 88.2 Å². The molecule has 0 bridgehead atoms. The van der Waals surface area contributed by atoms with Gasteiger partial charge in [-0.05, 0) is 85.3 Å². The number of benzene rings is 3. The number of amides is 4. The second kappa shape index (κ2) is 16.4. The fourth-order valence-electron chi connectivity index (χ4n) is 6.79. The van der Waals surface area contributed by atoms with Gasteiger partial charge in [-0.2, -0.15) is 0 Å². The molecule has 0 radical (unpaired) electrons. The van der Waals surface area contributed by atoms with Gasteiger partial charge in [0.2, 0.25) is 0 Å². The maximum atomic E-state index is 13.9. The summed E-state index contributed by atoms with van der Waals surface area (Å²) in [5.74, 6) is 0. The van der Waals surface area contributed by atoms with Gasteiger partial charge in [-0.1, -0.05) is 75.6 Å². The zero-order valence-electron chi connectivity index (χ0n) is 27.7. The smallest absolute Gasteiger partial charge is 0.322 e. The van der Waals surface area contributed by atoms with Crippen LogP contribution in [0, 0.1) is 0 Å². The fourth-order valence-corrected chi connectivity index (χ4v) is 6.79. The lowest BCUT2D eigenvalue weighted by Gasteiger charge is -2.32. The second-order valence-corrected chi connectivity index (χ2v) is 13.3. The summed E-state index contributed by atoms with van der Waals surface area (Å²) in [4.78, 5) is 33.5. The van der Waals surface area contributed by atoms with Crippen LogP contribution in [0.15, 0.2) is 72.8 Å². The maximum absolute atomic E-state index is 13.9. The first kappa shape index (κ1) is 33.2. The highest BCUT2D eigenvalue weighted by Crippen LogP contribution is 2.27. The molecule has 5 rings (SSSR count). The minimum atomic E-state index is -0.0816. The van der Waals surface area contributed by atoms with Gasteiger partial charge in [0.05, 0.1) is 6.54 Å². The summed E-state index contributed by atoms with van der Waals surface area (Å²) in [6.45, 7) is 0.931. The van der Waals surface area contributed by atoms with Gasteiger partial charge in [0, 0.05) is 55.5 Å². The van der Waals surface area contributed by atoms with E-state index >= 15 is 0 Å². The number of carbonyl (C=O) groups excluding carboxylic acids is 2. The zero-order chi connectivity index (χ0) is 32.3. The quantitative estimate of drug-likeness (QED) is 0.164. The van der Waals surface area contributed by atoms with Crippen molar-refractivity contribution in [3.8, 4) is 0 Å². The van der Waals surface area contributed by atoms with E-state index in [9.17, 15) is 9.59 Å². The molecule has 2 aliphatic carbocycles. The van der Waals surface area contributed by atoms with Gasteiger partial charge in [0.1, 0.15) is 0 Å². The Labute approximate surface area is 275 Å². The van der Waals surface area contributed by atoms with Crippen molar-refractivity contribution >= 4 is 34.8 Å². The molecular formula is C38H52N6O2. The van der Waals surface area contributed by atoms with Crippen LogP contribution in [0.5, 0.6) is 0 Å². The van der Waals surface area contributed by atoms with E-state index in [1.165, 1.54) is 25.7 Å². The third-order valence-corrected chi connectivity index (χ3v) is 9.48. The summed E-state index contributed by atoms with van der Waals surface area (Å²) in [5.41, 5.74) is 11.4. The SMILES string of the molecule is CN(C)c1ccc(NC(=O)N(Cc2cccc(CN(C(=O)NC3CCCCCC3)c3ccc(N)cc3)c2)C2CCCCCC2)cc1. The van der Waals surface area contributed by atoms with E-state index in [0.29, 0.717) is 18.8 Å². The lowest BCUT2D eigenvalue weighted by Crippen LogP contribution is -2.44. The number of nitrogens with one attached hydrogen (secondary N) is 2. The molecule has 4 N–H and O–H groups in total. The molecule has 0 saturated heterocycles. The van der Waals surface area contributed by atoms with Crippen molar-refractivity contribution < 1.29 is 9.59 Å². The van der Waals surface area contributed by atoms with Crippen molar-refractivity contribution in [1.29, 1.82) is 0 Å². The molecule has 2 fully saturated rings. The standard InChI is InChI=1S/C38H52N6O2/c1-42(2)34-24-20-33(21-25-34)41-38(46)43(35-16-9-5-6-10-17-35)27-29-12-11-13-30(26-29)28-44(36-22-18-31(39)19-23-36)37(45)40-32-14-7-3-4-8-15-32/h11-13,18-26,32,35H,3-10,14-17,27-28,39H2,1-2H3,(H,40,45)(H,41,46). The average molecular weight is 625 g/mol. The highest BCUT2D eigenvalue weighted by molar-refractivity contribution is 5.92. The fraction of sp³-hybridized carbons (Fsp3) is 0.474. The Morgan fingerprint density at radius 3 is 1.87 bits per heavy atom. The molecule has 3 aromatic rings. The summed E-state index contributed by atoms with van der Waals surface area (Å²) in [7, 11) is 4.02. The van der Waals surface area contributed by atoms with E-state index in [1.54, 1.807) is 0 Å². The first-order valence-electron chi connectivity index (χ1n) is 17.2. The normalized spacial score (nSPS) is 16.1. The molecule has 0 heterocycles. The molecule has 0 spiro atoms. The van der Waals surface area contributed by atoms with Crippen molar-refractivity contribution in [3.63, 3.8) is 0 Å². The van der Waals surface area contributed by atoms with E-state index in [1.807, 2.05) is 83.4 Å². The molecule has 0 aromatic heterocycles. The number of anilines is 4. The predicted octanol–water partition coefficient (Wildman–Crippen LogP) is 8.53. The molecule has 246 valence electrons. The lowest BCUT2D eigenvalue weighted by molar-refractivity contribution is 0.175. The van der Waals surface area contributed by atoms with Crippen LogP contribution in [0.2, 0.25) is 0 Å². The van der Waals surface area contributed by atoms with Gasteiger partial charge in [-0.3, -0.25) is 4.90 Å². The molecule has 8 heteroatoms. The summed E-state index contributed by atoms with van der Waals surface area (Å²) >= 11 is 0. The van der Waals surface area contributed by atoms with Crippen LogP contribution in [0.3, 0.4) is 0 Å². The number of carbonyl (C=O) groups is 2. The van der Waals surface area contributed by atoms with Crippen molar-refractivity contribution in [1.82, 2.24) is 10.2 Å². The Morgan fingerprint density at radius 1 is 0.696 bits per heavy atom. The van der Waals surface area contributed by atoms with Crippen molar-refractivity contribution in [3.05, 3.63) is 83.9 Å². The van der Waals surface area contributed by atoms with Gasteiger partial charge in [0.15, 0.2) is 0 Å². The molecule has 8 nitrogen and oxygen atoms in total. The first-order chi connectivity index (χ1) is 22.4. The van der Waals surface area contributed by atoms with E-state index in [4.69, 9.17) is 5.73 Å². The summed E-state index contributed by atoms with van der Waals surface area (Å²) < 4.78 is 0. The van der Waals surface area contributed by atoms with Gasteiger partial charge in [0.25, 0.3) is 0 Å². The minimum Gasteiger partial charge on any atom is -0.399 e. The number of nitrogens with two attached hydrogens (primary N) is 1. The van der Waals surface area contributed by atoms with Gasteiger partial charge < -0.3 is 26.2 Å². The van der Waals surface area contributed by atoms with Crippen LogP contribution < -0.4 is 26.2 Å². The highest BCUT2D eigenvalue weighted by atomic mass is 16.2. The number of hydrogen-bond acceptors (Lipinski definition) is 4. The molecule has 0 unspecified atom stereocenters. The first-order valence-corrected chi connectivity index (χ1v) is 17.2. The molecule has 4 amide bonds. The Hall–Kier alpha value is -4.20. The minimum absolute atomic E-state index is 0.0683. The Bertz CT molecular complexity index is 1390. The zero-order valence-corrected chi connectivity index (χ0v) is 27.7. The van der Waals surface area contributed by atoms with E-state index in [0.717, 1.165) is 79.6 Å². The highest BCUT2D eigenvalue weighted by Gasteiger charge is 2.26. The third kappa shape index (κ3) is 9.41. The van der Waals surface area contributed by atoms with Crippen molar-refractivity contribution in [2.24, 2.45) is 0 Å². The molecule has 0 aliphatic heterocycles. The topological polar surface area (TPSA) is 93.9 Å². The maximum Gasteiger partial charge on any atom is 0.322 e.